The van der Waals surface area contributed by atoms with Crippen LogP contribution in [0.2, 0.25) is 0 Å². The van der Waals surface area contributed by atoms with Crippen molar-refractivity contribution in [2.24, 2.45) is 0 Å². The van der Waals surface area contributed by atoms with Crippen LogP contribution in [0.15, 0.2) is 29.2 Å². The molecule has 0 spiro atoms. The Balaban J connectivity index is 2.42. The Labute approximate surface area is 115 Å². The lowest BCUT2D eigenvalue weighted by atomic mass is 10.2. The molecule has 0 saturated heterocycles. The Hall–Kier alpha value is -0.510. The molecule has 2 nitrogen and oxygen atoms in total. The van der Waals surface area contributed by atoms with Gasteiger partial charge in [-0.05, 0) is 38.1 Å². The van der Waals surface area contributed by atoms with Crippen molar-refractivity contribution in [3.63, 3.8) is 0 Å². The zero-order valence-electron chi connectivity index (χ0n) is 11.9. The number of aliphatic hydroxyl groups excluding tert-OH is 1. The zero-order valence-corrected chi connectivity index (χ0v) is 12.7. The van der Waals surface area contributed by atoms with Crippen LogP contribution in [0.4, 0.5) is 0 Å². The Bertz CT molecular complexity index is 335. The molecule has 1 aromatic carbocycles. The van der Waals surface area contributed by atoms with Crippen LogP contribution in [-0.4, -0.2) is 35.0 Å². The van der Waals surface area contributed by atoms with Crippen molar-refractivity contribution >= 4 is 11.8 Å². The summed E-state index contributed by atoms with van der Waals surface area (Å²) in [6.45, 7) is 8.14. The average molecular weight is 267 g/mol. The number of hydrogen-bond acceptors (Lipinski definition) is 3. The second-order valence-corrected chi connectivity index (χ2v) is 6.84. The molecule has 1 atom stereocenters. The molecule has 1 unspecified atom stereocenters. The fraction of sp³-hybridized carbons (Fsp3) is 0.600. The van der Waals surface area contributed by atoms with E-state index < -0.39 is 0 Å². The lowest BCUT2D eigenvalue weighted by Crippen LogP contribution is -2.22. The molecule has 1 rings (SSSR count). The van der Waals surface area contributed by atoms with E-state index in [0.29, 0.717) is 5.25 Å². The van der Waals surface area contributed by atoms with Crippen LogP contribution in [0.1, 0.15) is 32.8 Å². The first-order valence-electron chi connectivity index (χ1n) is 6.59. The zero-order chi connectivity index (χ0) is 13.5. The molecule has 0 aliphatic carbocycles. The molecule has 0 fully saturated rings. The third-order valence-corrected chi connectivity index (χ3v) is 3.69. The van der Waals surface area contributed by atoms with Gasteiger partial charge in [0.1, 0.15) is 0 Å². The summed E-state index contributed by atoms with van der Waals surface area (Å²) in [6.07, 6.45) is 0.620. The molecule has 3 heteroatoms. The number of thioether (sulfide) groups is 1. The molecule has 0 heterocycles. The summed E-state index contributed by atoms with van der Waals surface area (Å²) in [5.41, 5.74) is 1.33. The molecule has 0 aliphatic rings. The maximum Gasteiger partial charge on any atom is 0.0524 e. The van der Waals surface area contributed by atoms with E-state index in [1.54, 1.807) is 0 Å². The van der Waals surface area contributed by atoms with Gasteiger partial charge in [-0.2, -0.15) is 0 Å². The van der Waals surface area contributed by atoms with Crippen molar-refractivity contribution in [2.75, 3.05) is 13.6 Å². The topological polar surface area (TPSA) is 23.5 Å². The lowest BCUT2D eigenvalue weighted by molar-refractivity contribution is 0.163. The number of benzene rings is 1. The van der Waals surface area contributed by atoms with Gasteiger partial charge >= 0.3 is 0 Å². The molecule has 1 aromatic rings. The maximum absolute atomic E-state index is 9.26. The van der Waals surface area contributed by atoms with Crippen LogP contribution < -0.4 is 0 Å². The van der Waals surface area contributed by atoms with Crippen LogP contribution in [0.5, 0.6) is 0 Å². The van der Waals surface area contributed by atoms with Gasteiger partial charge in [0.25, 0.3) is 0 Å². The molecular weight excluding hydrogens is 242 g/mol. The van der Waals surface area contributed by atoms with Crippen LogP contribution >= 0.6 is 11.8 Å². The highest BCUT2D eigenvalue weighted by molar-refractivity contribution is 7.99. The molecule has 102 valence electrons. The van der Waals surface area contributed by atoms with Gasteiger partial charge in [0.15, 0.2) is 0 Å². The summed E-state index contributed by atoms with van der Waals surface area (Å²) >= 11 is 1.89. The van der Waals surface area contributed by atoms with Gasteiger partial charge in [0.05, 0.1) is 6.10 Å². The summed E-state index contributed by atoms with van der Waals surface area (Å²) in [4.78, 5) is 3.58. The molecule has 0 aromatic heterocycles. The standard InChI is InChI=1S/C15H25NOS/c1-12(2)18-15-7-5-14(6-8-15)11-16(4)10-9-13(3)17/h5-8,12-13,17H,9-11H2,1-4H3. The van der Waals surface area contributed by atoms with Gasteiger partial charge in [0, 0.05) is 23.2 Å². The number of aliphatic hydroxyl groups is 1. The maximum atomic E-state index is 9.26. The van der Waals surface area contributed by atoms with E-state index in [1.165, 1.54) is 10.5 Å². The summed E-state index contributed by atoms with van der Waals surface area (Å²) in [6, 6.07) is 8.79. The van der Waals surface area contributed by atoms with Crippen molar-refractivity contribution in [3.8, 4) is 0 Å². The Morgan fingerprint density at radius 2 is 1.78 bits per heavy atom. The number of hydrogen-bond donors (Lipinski definition) is 1. The summed E-state index contributed by atoms with van der Waals surface area (Å²) in [7, 11) is 2.10. The van der Waals surface area contributed by atoms with E-state index in [2.05, 4.69) is 50.1 Å². The minimum absolute atomic E-state index is 0.211. The molecule has 1 N–H and O–H groups in total. The predicted octanol–water partition coefficient (Wildman–Crippen LogP) is 3.39. The van der Waals surface area contributed by atoms with Gasteiger partial charge in [-0.25, -0.2) is 0 Å². The van der Waals surface area contributed by atoms with E-state index in [-0.39, 0.29) is 6.10 Å². The van der Waals surface area contributed by atoms with E-state index in [4.69, 9.17) is 0 Å². The van der Waals surface area contributed by atoms with E-state index >= 15 is 0 Å². The first-order chi connectivity index (χ1) is 8.47. The monoisotopic (exact) mass is 267 g/mol. The lowest BCUT2D eigenvalue weighted by Gasteiger charge is -2.17. The summed E-state index contributed by atoms with van der Waals surface area (Å²) in [5.74, 6) is 0. The minimum Gasteiger partial charge on any atom is -0.393 e. The third kappa shape index (κ3) is 6.43. The molecule has 0 amide bonds. The molecular formula is C15H25NOS. The molecule has 0 saturated carbocycles. The summed E-state index contributed by atoms with van der Waals surface area (Å²) < 4.78 is 0. The minimum atomic E-state index is -0.211. The second kappa shape index (κ2) is 7.82. The van der Waals surface area contributed by atoms with Crippen molar-refractivity contribution in [2.45, 2.75) is 50.0 Å². The third-order valence-electron chi connectivity index (χ3n) is 2.68. The Kier molecular flexibility index (Phi) is 6.76. The van der Waals surface area contributed by atoms with E-state index in [0.717, 1.165) is 19.5 Å². The highest BCUT2D eigenvalue weighted by Gasteiger charge is 2.03. The van der Waals surface area contributed by atoms with Crippen LogP contribution in [0.3, 0.4) is 0 Å². The quantitative estimate of drug-likeness (QED) is 0.766. The number of nitrogens with zero attached hydrogens (tertiary/aromatic N) is 1. The van der Waals surface area contributed by atoms with Gasteiger partial charge < -0.3 is 10.0 Å². The van der Waals surface area contributed by atoms with Gasteiger partial charge in [-0.3, -0.25) is 0 Å². The second-order valence-electron chi connectivity index (χ2n) is 5.19. The number of rotatable bonds is 7. The first kappa shape index (κ1) is 15.5. The average Bonchev–Trinajstić information content (AvgIpc) is 2.28. The SMILES string of the molecule is CC(O)CCN(C)Cc1ccc(SC(C)C)cc1. The van der Waals surface area contributed by atoms with E-state index in [1.807, 2.05) is 18.7 Å². The van der Waals surface area contributed by atoms with Crippen molar-refractivity contribution in [3.05, 3.63) is 29.8 Å². The fourth-order valence-electron chi connectivity index (χ4n) is 1.74. The predicted molar refractivity (Wildman–Crippen MR) is 80.1 cm³/mol. The normalized spacial score (nSPS) is 13.3. The van der Waals surface area contributed by atoms with Crippen LogP contribution in [0.25, 0.3) is 0 Å². The van der Waals surface area contributed by atoms with Crippen molar-refractivity contribution in [1.82, 2.24) is 4.90 Å². The van der Waals surface area contributed by atoms with Gasteiger partial charge in [-0.1, -0.05) is 26.0 Å². The Morgan fingerprint density at radius 3 is 2.28 bits per heavy atom. The van der Waals surface area contributed by atoms with Gasteiger partial charge in [-0.15, -0.1) is 11.8 Å². The van der Waals surface area contributed by atoms with E-state index in [9.17, 15) is 5.11 Å². The summed E-state index contributed by atoms with van der Waals surface area (Å²) in [5, 5.41) is 9.89. The largest absolute Gasteiger partial charge is 0.393 e. The first-order valence-corrected chi connectivity index (χ1v) is 7.47. The van der Waals surface area contributed by atoms with Crippen molar-refractivity contribution < 1.29 is 5.11 Å². The van der Waals surface area contributed by atoms with Crippen molar-refractivity contribution in [1.29, 1.82) is 0 Å². The molecule has 18 heavy (non-hydrogen) atoms. The Morgan fingerprint density at radius 1 is 1.17 bits per heavy atom. The van der Waals surface area contributed by atoms with Crippen LogP contribution in [0, 0.1) is 0 Å². The van der Waals surface area contributed by atoms with Crippen LogP contribution in [-0.2, 0) is 6.54 Å². The molecule has 0 radical (unpaired) electrons. The smallest absolute Gasteiger partial charge is 0.0524 e. The highest BCUT2D eigenvalue weighted by Crippen LogP contribution is 2.23. The molecule has 0 aliphatic heterocycles. The molecule has 0 bridgehead atoms. The highest BCUT2D eigenvalue weighted by atomic mass is 32.2. The fourth-order valence-corrected chi connectivity index (χ4v) is 2.58. The van der Waals surface area contributed by atoms with Gasteiger partial charge in [0.2, 0.25) is 0 Å².